The number of fused-ring (bicyclic) bond motifs is 1. The van der Waals surface area contributed by atoms with E-state index >= 15 is 0 Å². The summed E-state index contributed by atoms with van der Waals surface area (Å²) < 4.78 is 92.4. The van der Waals surface area contributed by atoms with Crippen molar-refractivity contribution < 1.29 is 54.6 Å². The van der Waals surface area contributed by atoms with Gasteiger partial charge < -0.3 is 10.2 Å². The molecular formula is C20H23F6N5O6S. The van der Waals surface area contributed by atoms with E-state index in [1.165, 1.54) is 0 Å². The number of nitrogens with one attached hydrogen (secondary N) is 1. The SMILES string of the molecule is O=C(O)C(F)(F)F.O=C(O)C(F)(F)F.O=S(=O)(NCC1CN(Cc2cccnc2)Cc2ccnn21)C1CC1. The van der Waals surface area contributed by atoms with Gasteiger partial charge in [-0.05, 0) is 30.5 Å². The number of alkyl halides is 6. The number of aliphatic carboxylic acids is 2. The topological polar surface area (TPSA) is 155 Å². The quantitative estimate of drug-likeness (QED) is 0.440. The van der Waals surface area contributed by atoms with E-state index in [1.807, 2.05) is 23.0 Å². The predicted molar refractivity (Wildman–Crippen MR) is 117 cm³/mol. The highest BCUT2D eigenvalue weighted by Gasteiger charge is 2.39. The van der Waals surface area contributed by atoms with Crippen molar-refractivity contribution in [1.29, 1.82) is 0 Å². The molecule has 1 atom stereocenters. The summed E-state index contributed by atoms with van der Waals surface area (Å²) in [7, 11) is -3.17. The van der Waals surface area contributed by atoms with Crippen LogP contribution in [0.2, 0.25) is 0 Å². The van der Waals surface area contributed by atoms with Gasteiger partial charge in [0.15, 0.2) is 0 Å². The van der Waals surface area contributed by atoms with Gasteiger partial charge >= 0.3 is 24.3 Å². The third-order valence-electron chi connectivity index (χ3n) is 5.05. The van der Waals surface area contributed by atoms with Crippen molar-refractivity contribution in [2.75, 3.05) is 13.1 Å². The average Bonchev–Trinajstić information content (AvgIpc) is 3.57. The minimum Gasteiger partial charge on any atom is -0.475 e. The fourth-order valence-electron chi connectivity index (χ4n) is 3.19. The van der Waals surface area contributed by atoms with Gasteiger partial charge in [0.05, 0.1) is 17.0 Å². The van der Waals surface area contributed by atoms with Crippen LogP contribution in [0.4, 0.5) is 26.3 Å². The van der Waals surface area contributed by atoms with Crippen molar-refractivity contribution in [3.8, 4) is 0 Å². The van der Waals surface area contributed by atoms with Gasteiger partial charge in [-0.1, -0.05) is 6.07 Å². The molecule has 1 fully saturated rings. The molecular weight excluding hydrogens is 552 g/mol. The lowest BCUT2D eigenvalue weighted by molar-refractivity contribution is -0.193. The first-order chi connectivity index (χ1) is 17.5. The molecule has 212 valence electrons. The van der Waals surface area contributed by atoms with Gasteiger partial charge in [-0.15, -0.1) is 0 Å². The average molecular weight is 575 g/mol. The van der Waals surface area contributed by atoms with Crippen LogP contribution in [0.25, 0.3) is 0 Å². The minimum atomic E-state index is -5.08. The van der Waals surface area contributed by atoms with Crippen LogP contribution >= 0.6 is 0 Å². The monoisotopic (exact) mass is 575 g/mol. The number of halogens is 6. The van der Waals surface area contributed by atoms with Crippen molar-refractivity contribution in [3.63, 3.8) is 0 Å². The van der Waals surface area contributed by atoms with Crippen molar-refractivity contribution in [1.82, 2.24) is 24.4 Å². The third kappa shape index (κ3) is 9.90. The van der Waals surface area contributed by atoms with Crippen molar-refractivity contribution in [3.05, 3.63) is 48.0 Å². The summed E-state index contributed by atoms with van der Waals surface area (Å²) in [6.07, 6.45) is -3.19. The highest BCUT2D eigenvalue weighted by molar-refractivity contribution is 7.90. The molecule has 38 heavy (non-hydrogen) atoms. The van der Waals surface area contributed by atoms with E-state index in [1.54, 1.807) is 12.4 Å². The number of carboxylic acid groups (broad SMARTS) is 2. The van der Waals surface area contributed by atoms with Crippen molar-refractivity contribution in [2.45, 2.75) is 49.6 Å². The van der Waals surface area contributed by atoms with Gasteiger partial charge in [0, 0.05) is 44.8 Å². The number of rotatable bonds is 6. The lowest BCUT2D eigenvalue weighted by Crippen LogP contribution is -2.43. The number of sulfonamides is 1. The first-order valence-electron chi connectivity index (χ1n) is 10.7. The Balaban J connectivity index is 0.000000301. The van der Waals surface area contributed by atoms with Crippen molar-refractivity contribution >= 4 is 22.0 Å². The predicted octanol–water partition coefficient (Wildman–Crippen LogP) is 2.18. The van der Waals surface area contributed by atoms with E-state index in [-0.39, 0.29) is 11.3 Å². The molecule has 1 saturated carbocycles. The highest BCUT2D eigenvalue weighted by atomic mass is 32.2. The maximum Gasteiger partial charge on any atom is 0.490 e. The van der Waals surface area contributed by atoms with E-state index in [4.69, 9.17) is 19.8 Å². The first-order valence-corrected chi connectivity index (χ1v) is 12.3. The fraction of sp³-hybridized carbons (Fsp3) is 0.500. The Morgan fingerprint density at radius 2 is 1.61 bits per heavy atom. The molecule has 11 nitrogen and oxygen atoms in total. The number of carboxylic acids is 2. The molecule has 0 spiro atoms. The van der Waals surface area contributed by atoms with Crippen LogP contribution in [0, 0.1) is 0 Å². The van der Waals surface area contributed by atoms with Crippen LogP contribution < -0.4 is 4.72 Å². The van der Waals surface area contributed by atoms with Crippen LogP contribution in [0.5, 0.6) is 0 Å². The number of pyridine rings is 1. The lowest BCUT2D eigenvalue weighted by atomic mass is 10.1. The molecule has 3 N–H and O–H groups in total. The van der Waals surface area contributed by atoms with Crippen molar-refractivity contribution in [2.24, 2.45) is 0 Å². The van der Waals surface area contributed by atoms with Gasteiger partial charge in [0.1, 0.15) is 0 Å². The van der Waals surface area contributed by atoms with E-state index < -0.39 is 34.3 Å². The normalized spacial score (nSPS) is 17.8. The number of hydrogen-bond acceptors (Lipinski definition) is 7. The minimum absolute atomic E-state index is 0.00828. The summed E-state index contributed by atoms with van der Waals surface area (Å²) >= 11 is 0. The summed E-state index contributed by atoms with van der Waals surface area (Å²) in [5.41, 5.74) is 2.27. The molecule has 0 bridgehead atoms. The van der Waals surface area contributed by atoms with Crippen LogP contribution in [0.3, 0.4) is 0 Å². The molecule has 1 aliphatic heterocycles. The number of nitrogens with zero attached hydrogens (tertiary/aromatic N) is 4. The smallest absolute Gasteiger partial charge is 0.475 e. The molecule has 2 aromatic heterocycles. The first kappa shape index (κ1) is 31.0. The van der Waals surface area contributed by atoms with Crippen LogP contribution in [-0.2, 0) is 32.7 Å². The van der Waals surface area contributed by atoms with E-state index in [2.05, 4.69) is 25.8 Å². The molecule has 1 aliphatic carbocycles. The van der Waals surface area contributed by atoms with Gasteiger partial charge in [0.25, 0.3) is 0 Å². The zero-order valence-electron chi connectivity index (χ0n) is 19.4. The molecule has 18 heteroatoms. The standard InChI is InChI=1S/C16H21N5O2S.2C2HF3O2/c22-24(23,16-3-4-16)19-9-15-12-20(10-13-2-1-6-17-8-13)11-14-5-7-18-21(14)15;2*3-2(4,5)1(6)7/h1-2,5-8,15-16,19H,3-4,9-12H2;2*(H,6,7). The Morgan fingerprint density at radius 3 is 2.08 bits per heavy atom. The Morgan fingerprint density at radius 1 is 1.03 bits per heavy atom. The number of aromatic nitrogens is 3. The van der Waals surface area contributed by atoms with Crippen LogP contribution in [0.1, 0.15) is 30.1 Å². The lowest BCUT2D eigenvalue weighted by Gasteiger charge is -2.34. The molecule has 0 radical (unpaired) electrons. The zero-order valence-corrected chi connectivity index (χ0v) is 20.2. The van der Waals surface area contributed by atoms with Crippen LogP contribution in [-0.4, -0.2) is 80.9 Å². The Hall–Kier alpha value is -3.25. The highest BCUT2D eigenvalue weighted by Crippen LogP contribution is 2.28. The Bertz CT molecular complexity index is 1160. The summed E-state index contributed by atoms with van der Waals surface area (Å²) in [4.78, 5) is 24.3. The zero-order chi connectivity index (χ0) is 28.7. The molecule has 0 saturated heterocycles. The van der Waals surface area contributed by atoms with Gasteiger partial charge in [-0.25, -0.2) is 22.7 Å². The second-order valence-electron chi connectivity index (χ2n) is 8.15. The third-order valence-corrected chi connectivity index (χ3v) is 6.97. The van der Waals surface area contributed by atoms with Crippen LogP contribution in [0.15, 0.2) is 36.8 Å². The van der Waals surface area contributed by atoms with Gasteiger partial charge in [-0.3, -0.25) is 14.6 Å². The van der Waals surface area contributed by atoms with E-state index in [0.29, 0.717) is 6.54 Å². The Kier molecular flexibility index (Phi) is 10.2. The molecule has 3 heterocycles. The maximum absolute atomic E-state index is 12.1. The second kappa shape index (κ2) is 12.5. The van der Waals surface area contributed by atoms with Gasteiger partial charge in [0.2, 0.25) is 10.0 Å². The molecule has 1 unspecified atom stereocenters. The molecule has 0 aromatic carbocycles. The molecule has 4 rings (SSSR count). The maximum atomic E-state index is 12.1. The summed E-state index contributed by atoms with van der Waals surface area (Å²) in [5.74, 6) is -5.51. The molecule has 0 amide bonds. The molecule has 2 aromatic rings. The summed E-state index contributed by atoms with van der Waals surface area (Å²) in [5, 5.41) is 18.4. The summed E-state index contributed by atoms with van der Waals surface area (Å²) in [6.45, 7) is 2.75. The number of carbonyl (C=O) groups is 2. The fourth-order valence-corrected chi connectivity index (χ4v) is 4.61. The second-order valence-corrected chi connectivity index (χ2v) is 10.2. The molecule has 2 aliphatic rings. The van der Waals surface area contributed by atoms with E-state index in [9.17, 15) is 34.8 Å². The number of hydrogen-bond donors (Lipinski definition) is 3. The largest absolute Gasteiger partial charge is 0.490 e. The van der Waals surface area contributed by atoms with E-state index in [0.717, 1.165) is 43.7 Å². The Labute approximate surface area is 212 Å². The van der Waals surface area contributed by atoms with Gasteiger partial charge in [-0.2, -0.15) is 31.4 Å². The summed E-state index contributed by atoms with van der Waals surface area (Å²) in [6, 6.07) is 6.00.